The van der Waals surface area contributed by atoms with Gasteiger partial charge in [0.05, 0.1) is 38.3 Å². The minimum Gasteiger partial charge on any atom is -0.493 e. The molecule has 0 fully saturated rings. The van der Waals surface area contributed by atoms with Crippen LogP contribution in [0.2, 0.25) is 0 Å². The molecule has 2 aromatic carbocycles. The van der Waals surface area contributed by atoms with Crippen molar-refractivity contribution >= 4 is 22.7 Å². The third kappa shape index (κ3) is 3.18. The third-order valence-corrected chi connectivity index (χ3v) is 5.93. The average molecular weight is 458 g/mol. The highest BCUT2D eigenvalue weighted by atomic mass is 16.5. The van der Waals surface area contributed by atoms with Gasteiger partial charge in [0.2, 0.25) is 11.5 Å². The molecule has 8 heteroatoms. The number of hydrogen-bond acceptors (Lipinski definition) is 7. The number of nitrogens with zero attached hydrogens (tertiary/aromatic N) is 2. The summed E-state index contributed by atoms with van der Waals surface area (Å²) in [4.78, 5) is 33.3. The fraction of sp³-hybridized carbons (Fsp3) is 0.192. The zero-order valence-corrected chi connectivity index (χ0v) is 19.1. The molecule has 8 nitrogen and oxygen atoms in total. The Kier molecular flexibility index (Phi) is 5.20. The largest absolute Gasteiger partial charge is 0.493 e. The molecule has 2 aromatic heterocycles. The van der Waals surface area contributed by atoms with Gasteiger partial charge in [-0.05, 0) is 54.4 Å². The molecule has 0 N–H and O–H groups in total. The van der Waals surface area contributed by atoms with Crippen molar-refractivity contribution in [2.45, 2.75) is 13.0 Å². The number of methoxy groups -OCH3 is 3. The van der Waals surface area contributed by atoms with Crippen LogP contribution >= 0.6 is 0 Å². The van der Waals surface area contributed by atoms with E-state index in [-0.39, 0.29) is 16.8 Å². The van der Waals surface area contributed by atoms with Crippen molar-refractivity contribution in [2.75, 3.05) is 26.2 Å². The van der Waals surface area contributed by atoms with Gasteiger partial charge in [-0.2, -0.15) is 0 Å². The Hall–Kier alpha value is -4.33. The van der Waals surface area contributed by atoms with E-state index in [1.165, 1.54) is 26.2 Å². The number of carbonyl (C=O) groups excluding carboxylic acids is 1. The van der Waals surface area contributed by atoms with E-state index in [1.807, 2.05) is 13.0 Å². The smallest absolute Gasteiger partial charge is 0.296 e. The van der Waals surface area contributed by atoms with E-state index in [0.717, 1.165) is 5.56 Å². The summed E-state index contributed by atoms with van der Waals surface area (Å²) < 4.78 is 22.5. The molecule has 1 aliphatic rings. The van der Waals surface area contributed by atoms with E-state index in [1.54, 1.807) is 48.7 Å². The Bertz CT molecular complexity index is 1470. The maximum absolute atomic E-state index is 13.7. The third-order valence-electron chi connectivity index (χ3n) is 5.93. The number of carbonyl (C=O) groups is 1. The maximum atomic E-state index is 13.7. The number of amides is 1. The first-order valence-electron chi connectivity index (χ1n) is 10.6. The first-order chi connectivity index (χ1) is 16.5. The summed E-state index contributed by atoms with van der Waals surface area (Å²) in [6, 6.07) is 13.1. The lowest BCUT2D eigenvalue weighted by molar-refractivity contribution is 0.0970. The van der Waals surface area contributed by atoms with Gasteiger partial charge in [0.25, 0.3) is 5.91 Å². The van der Waals surface area contributed by atoms with Crippen LogP contribution in [-0.2, 0) is 0 Å². The maximum Gasteiger partial charge on any atom is 0.296 e. The normalized spacial score (nSPS) is 14.9. The van der Waals surface area contributed by atoms with E-state index >= 15 is 0 Å². The summed E-state index contributed by atoms with van der Waals surface area (Å²) in [5.41, 5.74) is 1.82. The van der Waals surface area contributed by atoms with Crippen LogP contribution in [0, 0.1) is 6.92 Å². The van der Waals surface area contributed by atoms with Gasteiger partial charge in [0.15, 0.2) is 16.9 Å². The first kappa shape index (κ1) is 21.5. The standard InChI is InChI=1S/C26H22N2O6/c1-14-9-10-27-20(11-14)28-22(15-12-18(31-2)24(33-4)19(13-15)32-3)21-23(29)16-7-5-6-8-17(16)34-25(21)26(28)30/h5-13,22H,1-4H3/t22-/m0/s1. The minimum absolute atomic E-state index is 0.00856. The predicted molar refractivity (Wildman–Crippen MR) is 126 cm³/mol. The molecule has 0 saturated heterocycles. The Morgan fingerprint density at radius 2 is 1.65 bits per heavy atom. The van der Waals surface area contributed by atoms with Gasteiger partial charge < -0.3 is 18.6 Å². The molecule has 0 unspecified atom stereocenters. The molecule has 172 valence electrons. The number of fused-ring (bicyclic) bond motifs is 2. The van der Waals surface area contributed by atoms with E-state index in [2.05, 4.69) is 4.98 Å². The number of hydrogen-bond donors (Lipinski definition) is 0. The molecular weight excluding hydrogens is 436 g/mol. The van der Waals surface area contributed by atoms with Crippen LogP contribution < -0.4 is 24.5 Å². The molecule has 0 radical (unpaired) electrons. The molecule has 4 aromatic rings. The van der Waals surface area contributed by atoms with Crippen molar-refractivity contribution in [1.29, 1.82) is 0 Å². The SMILES string of the molecule is COc1cc([C@H]2c3c(oc4ccccc4c3=O)C(=O)N2c2cc(C)ccn2)cc(OC)c1OC. The van der Waals surface area contributed by atoms with Crippen LogP contribution in [0.15, 0.2) is 63.9 Å². The second-order valence-electron chi connectivity index (χ2n) is 7.90. The van der Waals surface area contributed by atoms with Crippen molar-refractivity contribution in [3.8, 4) is 17.2 Å². The summed E-state index contributed by atoms with van der Waals surface area (Å²) in [6.45, 7) is 1.91. The molecule has 1 amide bonds. The summed E-state index contributed by atoms with van der Waals surface area (Å²) in [6.07, 6.45) is 1.62. The molecule has 0 bridgehead atoms. The molecule has 34 heavy (non-hydrogen) atoms. The van der Waals surface area contributed by atoms with Crippen LogP contribution in [-0.4, -0.2) is 32.2 Å². The average Bonchev–Trinajstić information content (AvgIpc) is 3.15. The highest BCUT2D eigenvalue weighted by molar-refractivity contribution is 6.10. The van der Waals surface area contributed by atoms with Crippen LogP contribution in [0.5, 0.6) is 17.2 Å². The lowest BCUT2D eigenvalue weighted by Crippen LogP contribution is -2.30. The number of ether oxygens (including phenoxy) is 3. The topological polar surface area (TPSA) is 91.1 Å². The van der Waals surface area contributed by atoms with Crippen molar-refractivity contribution in [2.24, 2.45) is 0 Å². The summed E-state index contributed by atoms with van der Waals surface area (Å²) >= 11 is 0. The summed E-state index contributed by atoms with van der Waals surface area (Å²) in [5.74, 6) is 1.16. The summed E-state index contributed by atoms with van der Waals surface area (Å²) in [7, 11) is 4.53. The van der Waals surface area contributed by atoms with Gasteiger partial charge in [-0.3, -0.25) is 14.5 Å². The van der Waals surface area contributed by atoms with Crippen molar-refractivity contribution in [1.82, 2.24) is 4.98 Å². The molecule has 0 aliphatic carbocycles. The van der Waals surface area contributed by atoms with Crippen LogP contribution in [0.25, 0.3) is 11.0 Å². The lowest BCUT2D eigenvalue weighted by Gasteiger charge is -2.25. The molecule has 3 heterocycles. The number of anilines is 1. The fourth-order valence-electron chi connectivity index (χ4n) is 4.38. The Balaban J connectivity index is 1.84. The molecule has 1 aliphatic heterocycles. The Morgan fingerprint density at radius 3 is 2.29 bits per heavy atom. The van der Waals surface area contributed by atoms with E-state index in [0.29, 0.717) is 39.6 Å². The van der Waals surface area contributed by atoms with E-state index in [4.69, 9.17) is 18.6 Å². The van der Waals surface area contributed by atoms with Crippen LogP contribution in [0.1, 0.15) is 33.3 Å². The number of pyridine rings is 1. The van der Waals surface area contributed by atoms with Gasteiger partial charge in [-0.1, -0.05) is 12.1 Å². The highest BCUT2D eigenvalue weighted by Gasteiger charge is 2.45. The number of rotatable bonds is 5. The van der Waals surface area contributed by atoms with Crippen LogP contribution in [0.3, 0.4) is 0 Å². The van der Waals surface area contributed by atoms with Gasteiger partial charge in [-0.25, -0.2) is 4.98 Å². The zero-order valence-electron chi connectivity index (χ0n) is 19.1. The van der Waals surface area contributed by atoms with Crippen molar-refractivity contribution < 1.29 is 23.4 Å². The number of para-hydroxylation sites is 1. The lowest BCUT2D eigenvalue weighted by atomic mass is 9.97. The monoisotopic (exact) mass is 458 g/mol. The Morgan fingerprint density at radius 1 is 0.941 bits per heavy atom. The van der Waals surface area contributed by atoms with E-state index in [9.17, 15) is 9.59 Å². The number of aromatic nitrogens is 1. The molecule has 0 saturated carbocycles. The Labute approximate surface area is 195 Å². The van der Waals surface area contributed by atoms with Crippen molar-refractivity contribution in [3.63, 3.8) is 0 Å². The fourth-order valence-corrected chi connectivity index (χ4v) is 4.38. The summed E-state index contributed by atoms with van der Waals surface area (Å²) in [5, 5.41) is 0.394. The van der Waals surface area contributed by atoms with E-state index < -0.39 is 11.9 Å². The quantitative estimate of drug-likeness (QED) is 0.441. The second kappa shape index (κ2) is 8.22. The molecule has 5 rings (SSSR count). The predicted octanol–water partition coefficient (Wildman–Crippen LogP) is 4.27. The van der Waals surface area contributed by atoms with Gasteiger partial charge in [-0.15, -0.1) is 0 Å². The second-order valence-corrected chi connectivity index (χ2v) is 7.90. The molecule has 0 spiro atoms. The zero-order chi connectivity index (χ0) is 24.0. The van der Waals surface area contributed by atoms with Gasteiger partial charge >= 0.3 is 0 Å². The minimum atomic E-state index is -0.814. The first-order valence-corrected chi connectivity index (χ1v) is 10.6. The number of aryl methyl sites for hydroxylation is 1. The van der Waals surface area contributed by atoms with Gasteiger partial charge in [0.1, 0.15) is 11.4 Å². The van der Waals surface area contributed by atoms with Gasteiger partial charge in [0, 0.05) is 6.20 Å². The number of benzene rings is 2. The molecular formula is C26H22N2O6. The van der Waals surface area contributed by atoms with Crippen molar-refractivity contribution in [3.05, 3.63) is 87.4 Å². The highest BCUT2D eigenvalue weighted by Crippen LogP contribution is 2.46. The van der Waals surface area contributed by atoms with Crippen LogP contribution in [0.4, 0.5) is 5.82 Å². The molecule has 1 atom stereocenters.